The normalized spacial score (nSPS) is 31.2. The van der Waals surface area contributed by atoms with Gasteiger partial charge in [0.15, 0.2) is 0 Å². The summed E-state index contributed by atoms with van der Waals surface area (Å²) < 4.78 is 0. The molecule has 2 aliphatic rings. The molecule has 2 rings (SSSR count). The van der Waals surface area contributed by atoms with Gasteiger partial charge in [0, 0.05) is 31.7 Å². The van der Waals surface area contributed by atoms with Crippen LogP contribution in [0.1, 0.15) is 51.9 Å². The lowest BCUT2D eigenvalue weighted by Gasteiger charge is -2.28. The number of rotatable bonds is 7. The molecular formula is C15H28N2O2. The third-order valence-corrected chi connectivity index (χ3v) is 4.75. The van der Waals surface area contributed by atoms with Crippen molar-refractivity contribution in [3.8, 4) is 0 Å². The zero-order chi connectivity index (χ0) is 13.7. The summed E-state index contributed by atoms with van der Waals surface area (Å²) in [6.07, 6.45) is 7.39. The first-order valence-corrected chi connectivity index (χ1v) is 7.84. The van der Waals surface area contributed by atoms with Crippen LogP contribution in [0.15, 0.2) is 0 Å². The van der Waals surface area contributed by atoms with E-state index in [0.29, 0.717) is 36.9 Å². The molecule has 2 heterocycles. The number of aliphatic hydroxyl groups is 1. The van der Waals surface area contributed by atoms with Gasteiger partial charge in [0.05, 0.1) is 0 Å². The predicted molar refractivity (Wildman–Crippen MR) is 75.8 cm³/mol. The zero-order valence-electron chi connectivity index (χ0n) is 12.0. The smallest absolute Gasteiger partial charge is 0.220 e. The summed E-state index contributed by atoms with van der Waals surface area (Å²) in [5.41, 5.74) is 0. The Morgan fingerprint density at radius 2 is 2.05 bits per heavy atom. The van der Waals surface area contributed by atoms with Crippen LogP contribution in [0.4, 0.5) is 0 Å². The molecule has 3 atom stereocenters. The second kappa shape index (κ2) is 7.25. The van der Waals surface area contributed by atoms with E-state index in [1.807, 2.05) is 0 Å². The van der Waals surface area contributed by atoms with Crippen molar-refractivity contribution in [3.63, 3.8) is 0 Å². The number of hydrogen-bond acceptors (Lipinski definition) is 3. The average Bonchev–Trinajstić information content (AvgIpc) is 2.74. The summed E-state index contributed by atoms with van der Waals surface area (Å²) in [6.45, 7) is 3.04. The summed E-state index contributed by atoms with van der Waals surface area (Å²) in [6, 6.07) is 1.32. The molecule has 2 aliphatic heterocycles. The van der Waals surface area contributed by atoms with Gasteiger partial charge in [-0.1, -0.05) is 13.3 Å². The summed E-state index contributed by atoms with van der Waals surface area (Å²) in [7, 11) is 0. The fourth-order valence-electron chi connectivity index (χ4n) is 3.57. The Kier molecular flexibility index (Phi) is 5.64. The molecule has 19 heavy (non-hydrogen) atoms. The van der Waals surface area contributed by atoms with Gasteiger partial charge in [0.2, 0.25) is 5.91 Å². The van der Waals surface area contributed by atoms with Crippen LogP contribution in [-0.4, -0.2) is 36.2 Å². The van der Waals surface area contributed by atoms with Gasteiger partial charge in [-0.25, -0.2) is 0 Å². The molecule has 4 heteroatoms. The molecule has 0 saturated carbocycles. The van der Waals surface area contributed by atoms with Crippen molar-refractivity contribution in [2.75, 3.05) is 13.2 Å². The Labute approximate surface area is 116 Å². The number of nitrogens with one attached hydrogen (secondary N) is 2. The quantitative estimate of drug-likeness (QED) is 0.654. The second-order valence-electron chi connectivity index (χ2n) is 6.27. The first-order valence-electron chi connectivity index (χ1n) is 7.84. The van der Waals surface area contributed by atoms with Gasteiger partial charge in [-0.2, -0.15) is 0 Å². The third-order valence-electron chi connectivity index (χ3n) is 4.75. The molecule has 2 bridgehead atoms. The largest absolute Gasteiger partial charge is 0.396 e. The van der Waals surface area contributed by atoms with Gasteiger partial charge < -0.3 is 15.7 Å². The molecule has 0 radical (unpaired) electrons. The van der Waals surface area contributed by atoms with Crippen molar-refractivity contribution < 1.29 is 9.90 Å². The number of amides is 1. The monoisotopic (exact) mass is 268 g/mol. The van der Waals surface area contributed by atoms with Crippen molar-refractivity contribution in [3.05, 3.63) is 0 Å². The highest BCUT2D eigenvalue weighted by atomic mass is 16.3. The minimum atomic E-state index is 0.197. The van der Waals surface area contributed by atoms with E-state index in [-0.39, 0.29) is 12.5 Å². The molecule has 2 fully saturated rings. The highest BCUT2D eigenvalue weighted by molar-refractivity contribution is 5.76. The highest BCUT2D eigenvalue weighted by Gasteiger charge is 2.34. The Bertz CT molecular complexity index is 284. The Hall–Kier alpha value is -0.610. The van der Waals surface area contributed by atoms with Gasteiger partial charge in [0.1, 0.15) is 0 Å². The maximum Gasteiger partial charge on any atom is 0.220 e. The predicted octanol–water partition coefficient (Wildman–Crippen LogP) is 1.43. The van der Waals surface area contributed by atoms with E-state index < -0.39 is 0 Å². The minimum absolute atomic E-state index is 0.197. The maximum atomic E-state index is 12.0. The molecule has 0 spiro atoms. The van der Waals surface area contributed by atoms with Gasteiger partial charge in [-0.3, -0.25) is 4.79 Å². The lowest BCUT2D eigenvalue weighted by atomic mass is 9.89. The third kappa shape index (κ3) is 4.46. The van der Waals surface area contributed by atoms with E-state index in [1.165, 1.54) is 12.8 Å². The van der Waals surface area contributed by atoms with Gasteiger partial charge in [0.25, 0.3) is 0 Å². The first-order chi connectivity index (χ1) is 9.21. The number of carbonyl (C=O) groups is 1. The van der Waals surface area contributed by atoms with Crippen molar-refractivity contribution in [1.29, 1.82) is 0 Å². The molecular weight excluding hydrogens is 240 g/mol. The van der Waals surface area contributed by atoms with Gasteiger partial charge in [-0.05, 0) is 43.9 Å². The van der Waals surface area contributed by atoms with Gasteiger partial charge >= 0.3 is 0 Å². The summed E-state index contributed by atoms with van der Waals surface area (Å²) in [5, 5.41) is 15.6. The van der Waals surface area contributed by atoms with Crippen LogP contribution in [-0.2, 0) is 4.79 Å². The number of piperidine rings is 1. The van der Waals surface area contributed by atoms with Crippen molar-refractivity contribution >= 4 is 5.91 Å². The number of carbonyl (C=O) groups excluding carboxylic acids is 1. The summed E-state index contributed by atoms with van der Waals surface area (Å²) in [4.78, 5) is 12.0. The SMILES string of the molecule is CCC(CCO)CNC(=O)CC1CC2CCC(C1)N2. The van der Waals surface area contributed by atoms with E-state index >= 15 is 0 Å². The highest BCUT2D eigenvalue weighted by Crippen LogP contribution is 2.32. The standard InChI is InChI=1S/C15H28N2O2/c1-2-11(5-6-18)10-16-15(19)9-12-7-13-3-4-14(8-12)17-13/h11-14,17-18H,2-10H2,1H3,(H,16,19). The molecule has 1 amide bonds. The molecule has 4 nitrogen and oxygen atoms in total. The second-order valence-corrected chi connectivity index (χ2v) is 6.27. The first kappa shape index (κ1) is 14.8. The van der Waals surface area contributed by atoms with E-state index in [9.17, 15) is 4.79 Å². The molecule has 0 aromatic carbocycles. The van der Waals surface area contributed by atoms with Crippen molar-refractivity contribution in [2.45, 2.75) is 64.0 Å². The number of fused-ring (bicyclic) bond motifs is 2. The van der Waals surface area contributed by atoms with Gasteiger partial charge in [-0.15, -0.1) is 0 Å². The Balaban J connectivity index is 1.66. The van der Waals surface area contributed by atoms with Crippen LogP contribution in [0.3, 0.4) is 0 Å². The summed E-state index contributed by atoms with van der Waals surface area (Å²) in [5.74, 6) is 1.18. The van der Waals surface area contributed by atoms with Crippen LogP contribution >= 0.6 is 0 Å². The van der Waals surface area contributed by atoms with Crippen LogP contribution in [0.2, 0.25) is 0 Å². The number of hydrogen-bond donors (Lipinski definition) is 3. The summed E-state index contributed by atoms with van der Waals surface area (Å²) >= 11 is 0. The molecule has 3 unspecified atom stereocenters. The molecule has 0 aliphatic carbocycles. The van der Waals surface area contributed by atoms with E-state index in [1.54, 1.807) is 0 Å². The van der Waals surface area contributed by atoms with Crippen molar-refractivity contribution in [2.24, 2.45) is 11.8 Å². The Morgan fingerprint density at radius 3 is 2.63 bits per heavy atom. The maximum absolute atomic E-state index is 12.0. The van der Waals surface area contributed by atoms with E-state index in [4.69, 9.17) is 5.11 Å². The number of aliphatic hydroxyl groups excluding tert-OH is 1. The molecule has 0 aromatic rings. The molecule has 3 N–H and O–H groups in total. The molecule has 0 aromatic heterocycles. The molecule has 110 valence electrons. The van der Waals surface area contributed by atoms with Crippen LogP contribution in [0.25, 0.3) is 0 Å². The Morgan fingerprint density at radius 1 is 1.37 bits per heavy atom. The minimum Gasteiger partial charge on any atom is -0.396 e. The fourth-order valence-corrected chi connectivity index (χ4v) is 3.57. The zero-order valence-corrected chi connectivity index (χ0v) is 12.0. The van der Waals surface area contributed by atoms with E-state index in [2.05, 4.69) is 17.6 Å². The lowest BCUT2D eigenvalue weighted by molar-refractivity contribution is -0.122. The van der Waals surface area contributed by atoms with Crippen LogP contribution in [0.5, 0.6) is 0 Å². The van der Waals surface area contributed by atoms with E-state index in [0.717, 1.165) is 25.7 Å². The van der Waals surface area contributed by atoms with Crippen LogP contribution in [0, 0.1) is 11.8 Å². The topological polar surface area (TPSA) is 61.4 Å². The average molecular weight is 268 g/mol. The van der Waals surface area contributed by atoms with Crippen LogP contribution < -0.4 is 10.6 Å². The van der Waals surface area contributed by atoms with Crippen molar-refractivity contribution in [1.82, 2.24) is 10.6 Å². The lowest BCUT2D eigenvalue weighted by Crippen LogP contribution is -2.40. The molecule has 2 saturated heterocycles. The fraction of sp³-hybridized carbons (Fsp3) is 0.933.